The number of nitrogen functional groups attached to an aromatic ring is 1. The van der Waals surface area contributed by atoms with Crippen molar-refractivity contribution in [2.24, 2.45) is 5.84 Å². The largest absolute Gasteiger partial charge is 0.354 e. The molecule has 1 heterocycles. The van der Waals surface area contributed by atoms with Crippen molar-refractivity contribution >= 4 is 27.7 Å². The summed E-state index contributed by atoms with van der Waals surface area (Å²) >= 11 is 0. The molecule has 1 aromatic rings. The van der Waals surface area contributed by atoms with Crippen LogP contribution in [0.2, 0.25) is 0 Å². The van der Waals surface area contributed by atoms with E-state index in [1.165, 1.54) is 6.26 Å². The maximum atomic E-state index is 11.1. The van der Waals surface area contributed by atoms with Crippen molar-refractivity contribution in [1.82, 2.24) is 15.0 Å². The number of anilines is 3. The molecule has 0 saturated heterocycles. The molecule has 0 amide bonds. The lowest BCUT2D eigenvalue weighted by molar-refractivity contribution is 0.600. The fourth-order valence-corrected chi connectivity index (χ4v) is 2.36. The highest BCUT2D eigenvalue weighted by atomic mass is 32.2. The smallest absolute Gasteiger partial charge is 0.243 e. The van der Waals surface area contributed by atoms with E-state index in [0.29, 0.717) is 24.9 Å². The van der Waals surface area contributed by atoms with E-state index in [-0.39, 0.29) is 11.7 Å². The second-order valence-corrected chi connectivity index (χ2v) is 6.77. The SMILES string of the molecule is CCN(CC)c1nc(NN)nc(NCCCS(C)(=O)=O)n1. The summed E-state index contributed by atoms with van der Waals surface area (Å²) in [6.07, 6.45) is 1.70. The van der Waals surface area contributed by atoms with Gasteiger partial charge in [0.15, 0.2) is 0 Å². The third-order valence-corrected chi connectivity index (χ3v) is 3.80. The number of sulfone groups is 1. The second-order valence-electron chi connectivity index (χ2n) is 4.51. The van der Waals surface area contributed by atoms with Crippen LogP contribution in [-0.4, -0.2) is 55.0 Å². The highest BCUT2D eigenvalue weighted by Gasteiger charge is 2.10. The van der Waals surface area contributed by atoms with Crippen LogP contribution in [0.4, 0.5) is 17.8 Å². The lowest BCUT2D eigenvalue weighted by atomic mass is 10.5. The Labute approximate surface area is 125 Å². The van der Waals surface area contributed by atoms with Gasteiger partial charge in [0.2, 0.25) is 17.8 Å². The Hall–Kier alpha value is -1.68. The molecule has 0 atom stereocenters. The fraction of sp³-hybridized carbons (Fsp3) is 0.727. The number of nitrogens with two attached hydrogens (primary N) is 1. The first-order chi connectivity index (χ1) is 9.89. The molecule has 0 unspecified atom stereocenters. The lowest BCUT2D eigenvalue weighted by Crippen LogP contribution is -2.26. The number of nitrogens with zero attached hydrogens (tertiary/aromatic N) is 4. The monoisotopic (exact) mass is 317 g/mol. The van der Waals surface area contributed by atoms with E-state index in [1.54, 1.807) is 0 Å². The zero-order valence-corrected chi connectivity index (χ0v) is 13.4. The quantitative estimate of drug-likeness (QED) is 0.324. The van der Waals surface area contributed by atoms with Gasteiger partial charge in [0, 0.05) is 25.9 Å². The maximum Gasteiger partial charge on any atom is 0.243 e. The number of nitrogens with one attached hydrogen (secondary N) is 2. The molecule has 0 fully saturated rings. The van der Waals surface area contributed by atoms with Crippen LogP contribution >= 0.6 is 0 Å². The Kier molecular flexibility index (Phi) is 6.56. The molecule has 0 bridgehead atoms. The first-order valence-electron chi connectivity index (χ1n) is 6.78. The van der Waals surface area contributed by atoms with Gasteiger partial charge in [-0.15, -0.1) is 0 Å². The average Bonchev–Trinajstić information content (AvgIpc) is 2.44. The van der Waals surface area contributed by atoms with Gasteiger partial charge in [-0.25, -0.2) is 14.3 Å². The molecule has 21 heavy (non-hydrogen) atoms. The molecule has 0 saturated carbocycles. The van der Waals surface area contributed by atoms with E-state index >= 15 is 0 Å². The van der Waals surface area contributed by atoms with Crippen LogP contribution < -0.4 is 21.5 Å². The summed E-state index contributed by atoms with van der Waals surface area (Å²) in [6, 6.07) is 0. The van der Waals surface area contributed by atoms with E-state index in [9.17, 15) is 8.42 Å². The normalized spacial score (nSPS) is 11.2. The molecule has 0 aliphatic heterocycles. The number of aromatic nitrogens is 3. The third-order valence-electron chi connectivity index (χ3n) is 2.77. The molecule has 10 heteroatoms. The molecular formula is C11H23N7O2S. The second kappa shape index (κ2) is 7.93. The molecule has 4 N–H and O–H groups in total. The number of hydrogen-bond acceptors (Lipinski definition) is 9. The number of hydrazine groups is 1. The zero-order valence-electron chi connectivity index (χ0n) is 12.6. The van der Waals surface area contributed by atoms with E-state index < -0.39 is 9.84 Å². The molecule has 1 aromatic heterocycles. The third kappa shape index (κ3) is 6.08. The molecule has 120 valence electrons. The van der Waals surface area contributed by atoms with Gasteiger partial charge >= 0.3 is 0 Å². The van der Waals surface area contributed by atoms with E-state index in [1.807, 2.05) is 18.7 Å². The van der Waals surface area contributed by atoms with E-state index in [0.717, 1.165) is 13.1 Å². The van der Waals surface area contributed by atoms with Crippen LogP contribution in [-0.2, 0) is 9.84 Å². The minimum absolute atomic E-state index is 0.121. The summed E-state index contributed by atoms with van der Waals surface area (Å²) in [5, 5.41) is 2.99. The van der Waals surface area contributed by atoms with Crippen molar-refractivity contribution < 1.29 is 8.42 Å². The Balaban J connectivity index is 2.75. The first-order valence-corrected chi connectivity index (χ1v) is 8.84. The molecular weight excluding hydrogens is 294 g/mol. The van der Waals surface area contributed by atoms with Gasteiger partial charge in [0.05, 0.1) is 5.75 Å². The molecule has 1 rings (SSSR count). The molecule has 0 aliphatic rings. The van der Waals surface area contributed by atoms with Crippen molar-refractivity contribution in [3.05, 3.63) is 0 Å². The van der Waals surface area contributed by atoms with Crippen molar-refractivity contribution in [2.45, 2.75) is 20.3 Å². The van der Waals surface area contributed by atoms with Crippen LogP contribution in [0.3, 0.4) is 0 Å². The maximum absolute atomic E-state index is 11.1. The Morgan fingerprint density at radius 2 is 1.76 bits per heavy atom. The van der Waals surface area contributed by atoms with E-state index in [2.05, 4.69) is 25.7 Å². The van der Waals surface area contributed by atoms with Crippen LogP contribution in [0, 0.1) is 0 Å². The molecule has 0 aromatic carbocycles. The summed E-state index contributed by atoms with van der Waals surface area (Å²) in [6.45, 7) is 5.99. The Morgan fingerprint density at radius 1 is 1.14 bits per heavy atom. The van der Waals surface area contributed by atoms with Gasteiger partial charge in [0.25, 0.3) is 0 Å². The molecule has 0 radical (unpaired) electrons. The van der Waals surface area contributed by atoms with E-state index in [4.69, 9.17) is 5.84 Å². The van der Waals surface area contributed by atoms with Crippen molar-refractivity contribution in [2.75, 3.05) is 47.3 Å². The van der Waals surface area contributed by atoms with Crippen LogP contribution in [0.15, 0.2) is 0 Å². The predicted molar refractivity (Wildman–Crippen MR) is 84.0 cm³/mol. The minimum Gasteiger partial charge on any atom is -0.354 e. The van der Waals surface area contributed by atoms with Gasteiger partial charge in [-0.3, -0.25) is 5.43 Å². The van der Waals surface area contributed by atoms with Gasteiger partial charge in [-0.2, -0.15) is 15.0 Å². The van der Waals surface area contributed by atoms with Crippen molar-refractivity contribution in [1.29, 1.82) is 0 Å². The predicted octanol–water partition coefficient (Wildman–Crippen LogP) is -0.150. The summed E-state index contributed by atoms with van der Waals surface area (Å²) in [5.41, 5.74) is 2.40. The van der Waals surface area contributed by atoms with Gasteiger partial charge < -0.3 is 10.2 Å². The fourth-order valence-electron chi connectivity index (χ4n) is 1.69. The summed E-state index contributed by atoms with van der Waals surface area (Å²) in [4.78, 5) is 14.6. The van der Waals surface area contributed by atoms with Gasteiger partial charge in [0.1, 0.15) is 9.84 Å². The van der Waals surface area contributed by atoms with Crippen LogP contribution in [0.25, 0.3) is 0 Å². The first kappa shape index (κ1) is 17.4. The van der Waals surface area contributed by atoms with Crippen molar-refractivity contribution in [3.63, 3.8) is 0 Å². The van der Waals surface area contributed by atoms with Gasteiger partial charge in [-0.05, 0) is 20.3 Å². The highest BCUT2D eigenvalue weighted by Crippen LogP contribution is 2.12. The molecule has 9 nitrogen and oxygen atoms in total. The minimum atomic E-state index is -2.95. The highest BCUT2D eigenvalue weighted by molar-refractivity contribution is 7.90. The summed E-state index contributed by atoms with van der Waals surface area (Å²) in [7, 11) is -2.95. The van der Waals surface area contributed by atoms with Crippen molar-refractivity contribution in [3.8, 4) is 0 Å². The summed E-state index contributed by atoms with van der Waals surface area (Å²) < 4.78 is 22.1. The van der Waals surface area contributed by atoms with Crippen LogP contribution in [0.1, 0.15) is 20.3 Å². The average molecular weight is 317 g/mol. The molecule has 0 aliphatic carbocycles. The number of rotatable bonds is 9. The Bertz CT molecular complexity index is 546. The topological polar surface area (TPSA) is 126 Å². The Morgan fingerprint density at radius 3 is 2.29 bits per heavy atom. The lowest BCUT2D eigenvalue weighted by Gasteiger charge is -2.19. The van der Waals surface area contributed by atoms with Gasteiger partial charge in [-0.1, -0.05) is 0 Å². The molecule has 0 spiro atoms. The van der Waals surface area contributed by atoms with Crippen LogP contribution in [0.5, 0.6) is 0 Å². The standard InChI is InChI=1S/C11H23N7O2S/c1-4-18(5-2)11-15-9(14-10(16-11)17-12)13-7-6-8-21(3,19)20/h4-8,12H2,1-3H3,(H2,13,14,15,16,17). The zero-order chi connectivity index (χ0) is 15.9. The number of hydrogen-bond donors (Lipinski definition) is 3. The summed E-state index contributed by atoms with van der Waals surface area (Å²) in [5.74, 6) is 6.63.